The Balaban J connectivity index is 2.30. The van der Waals surface area contributed by atoms with E-state index in [0.717, 1.165) is 5.56 Å². The van der Waals surface area contributed by atoms with Gasteiger partial charge in [0.05, 0.1) is 6.54 Å². The number of rotatable bonds is 2. The van der Waals surface area contributed by atoms with Crippen LogP contribution in [-0.2, 0) is 13.6 Å². The Morgan fingerprint density at radius 2 is 2.27 bits per heavy atom. The van der Waals surface area contributed by atoms with Gasteiger partial charge in [-0.3, -0.25) is 4.57 Å². The average molecular weight is 224 g/mol. The van der Waals surface area contributed by atoms with Gasteiger partial charge < -0.3 is 0 Å². The van der Waals surface area contributed by atoms with Crippen LogP contribution >= 0.6 is 11.6 Å². The van der Waals surface area contributed by atoms with Crippen LogP contribution in [0.2, 0.25) is 5.02 Å². The Hall–Kier alpha value is -1.55. The minimum Gasteiger partial charge on any atom is -0.285 e. The third kappa shape index (κ3) is 2.10. The first-order chi connectivity index (χ1) is 7.16. The molecule has 0 saturated carbocycles. The number of nitrogens with zero attached hydrogens (tertiary/aromatic N) is 3. The number of hydrogen-bond acceptors (Lipinski definition) is 2. The molecule has 1 heterocycles. The molecule has 0 atom stereocenters. The second kappa shape index (κ2) is 3.90. The maximum absolute atomic E-state index is 11.5. The lowest BCUT2D eigenvalue weighted by atomic mass is 10.2. The summed E-state index contributed by atoms with van der Waals surface area (Å²) in [7, 11) is 1.67. The summed E-state index contributed by atoms with van der Waals surface area (Å²) in [4.78, 5) is 11.5. The molecular formula is C10H10ClN3O. The maximum atomic E-state index is 11.5. The monoisotopic (exact) mass is 223 g/mol. The van der Waals surface area contributed by atoms with Crippen molar-refractivity contribution in [2.24, 2.45) is 7.05 Å². The maximum Gasteiger partial charge on any atom is 0.345 e. The Bertz CT molecular complexity index is 529. The first-order valence-corrected chi connectivity index (χ1v) is 4.87. The highest BCUT2D eigenvalue weighted by atomic mass is 35.5. The molecule has 0 aliphatic heterocycles. The molecule has 1 aromatic carbocycles. The summed E-state index contributed by atoms with van der Waals surface area (Å²) >= 11 is 5.84. The molecule has 2 rings (SSSR count). The van der Waals surface area contributed by atoms with Crippen LogP contribution in [0.1, 0.15) is 5.56 Å². The van der Waals surface area contributed by atoms with E-state index in [1.807, 2.05) is 18.2 Å². The summed E-state index contributed by atoms with van der Waals surface area (Å²) in [6.07, 6.45) is 1.49. The summed E-state index contributed by atoms with van der Waals surface area (Å²) in [5.74, 6) is 0. The molecule has 2 aromatic rings. The van der Waals surface area contributed by atoms with E-state index in [1.54, 1.807) is 13.1 Å². The Morgan fingerprint density at radius 3 is 2.87 bits per heavy atom. The molecule has 5 heteroatoms. The minimum absolute atomic E-state index is 0.130. The lowest BCUT2D eigenvalue weighted by Crippen LogP contribution is -2.23. The zero-order chi connectivity index (χ0) is 10.8. The van der Waals surface area contributed by atoms with Gasteiger partial charge in [0.15, 0.2) is 0 Å². The van der Waals surface area contributed by atoms with Crippen LogP contribution < -0.4 is 5.69 Å². The Labute approximate surface area is 91.7 Å². The van der Waals surface area contributed by atoms with Crippen molar-refractivity contribution in [3.05, 3.63) is 51.7 Å². The molecule has 0 aliphatic rings. The quantitative estimate of drug-likeness (QED) is 0.770. The van der Waals surface area contributed by atoms with Crippen LogP contribution in [0.4, 0.5) is 0 Å². The van der Waals surface area contributed by atoms with E-state index in [-0.39, 0.29) is 5.69 Å². The standard InChI is InChI=1S/C10H10ClN3O/c1-13-7-12-14(10(13)15)6-8-3-2-4-9(11)5-8/h2-5,7H,6H2,1H3. The smallest absolute Gasteiger partial charge is 0.285 e. The van der Waals surface area contributed by atoms with Crippen molar-refractivity contribution in [1.29, 1.82) is 0 Å². The Kier molecular flexibility index (Phi) is 2.60. The van der Waals surface area contributed by atoms with Gasteiger partial charge in [-0.25, -0.2) is 9.48 Å². The lowest BCUT2D eigenvalue weighted by Gasteiger charge is -2.00. The van der Waals surface area contributed by atoms with E-state index in [0.29, 0.717) is 11.6 Å². The fourth-order valence-electron chi connectivity index (χ4n) is 1.34. The van der Waals surface area contributed by atoms with Gasteiger partial charge in [0, 0.05) is 12.1 Å². The van der Waals surface area contributed by atoms with Crippen molar-refractivity contribution in [3.8, 4) is 0 Å². The third-order valence-electron chi connectivity index (χ3n) is 2.11. The molecule has 15 heavy (non-hydrogen) atoms. The van der Waals surface area contributed by atoms with E-state index in [9.17, 15) is 4.79 Å². The topological polar surface area (TPSA) is 39.8 Å². The SMILES string of the molecule is Cn1cnn(Cc2cccc(Cl)c2)c1=O. The second-order valence-corrected chi connectivity index (χ2v) is 3.75. The van der Waals surface area contributed by atoms with Crippen molar-refractivity contribution >= 4 is 11.6 Å². The fourth-order valence-corrected chi connectivity index (χ4v) is 1.55. The van der Waals surface area contributed by atoms with E-state index >= 15 is 0 Å². The van der Waals surface area contributed by atoms with Crippen LogP contribution in [0.25, 0.3) is 0 Å². The summed E-state index contributed by atoms with van der Waals surface area (Å²) in [6, 6.07) is 7.38. The first kappa shape index (κ1) is 9.98. The van der Waals surface area contributed by atoms with Crippen molar-refractivity contribution in [2.75, 3.05) is 0 Å². The molecule has 0 bridgehead atoms. The molecule has 0 radical (unpaired) electrons. The number of halogens is 1. The lowest BCUT2D eigenvalue weighted by molar-refractivity contribution is 0.647. The first-order valence-electron chi connectivity index (χ1n) is 4.50. The number of aryl methyl sites for hydroxylation is 1. The molecule has 4 nitrogen and oxygen atoms in total. The highest BCUT2D eigenvalue weighted by molar-refractivity contribution is 6.30. The largest absolute Gasteiger partial charge is 0.345 e. The molecule has 0 fully saturated rings. The fraction of sp³-hybridized carbons (Fsp3) is 0.200. The van der Waals surface area contributed by atoms with Crippen LogP contribution in [0.3, 0.4) is 0 Å². The van der Waals surface area contributed by atoms with Crippen molar-refractivity contribution in [2.45, 2.75) is 6.54 Å². The number of aromatic nitrogens is 3. The van der Waals surface area contributed by atoms with Crippen LogP contribution in [0.15, 0.2) is 35.4 Å². The minimum atomic E-state index is -0.130. The van der Waals surface area contributed by atoms with E-state index in [2.05, 4.69) is 5.10 Å². The highest BCUT2D eigenvalue weighted by Crippen LogP contribution is 2.10. The molecule has 1 aromatic heterocycles. The van der Waals surface area contributed by atoms with E-state index in [1.165, 1.54) is 15.6 Å². The second-order valence-electron chi connectivity index (χ2n) is 3.31. The Morgan fingerprint density at radius 1 is 1.47 bits per heavy atom. The summed E-state index contributed by atoms with van der Waals surface area (Å²) in [5, 5.41) is 4.63. The molecular weight excluding hydrogens is 214 g/mol. The molecule has 0 N–H and O–H groups in total. The van der Waals surface area contributed by atoms with Gasteiger partial charge in [-0.05, 0) is 17.7 Å². The van der Waals surface area contributed by atoms with E-state index < -0.39 is 0 Å². The predicted molar refractivity (Wildman–Crippen MR) is 58.0 cm³/mol. The van der Waals surface area contributed by atoms with Crippen molar-refractivity contribution in [3.63, 3.8) is 0 Å². The van der Waals surface area contributed by atoms with Crippen molar-refractivity contribution < 1.29 is 0 Å². The van der Waals surface area contributed by atoms with Gasteiger partial charge >= 0.3 is 5.69 Å². The van der Waals surface area contributed by atoms with Gasteiger partial charge in [-0.15, -0.1) is 0 Å². The zero-order valence-corrected chi connectivity index (χ0v) is 8.98. The normalized spacial score (nSPS) is 10.5. The van der Waals surface area contributed by atoms with E-state index in [4.69, 9.17) is 11.6 Å². The van der Waals surface area contributed by atoms with Gasteiger partial charge in [0.2, 0.25) is 0 Å². The van der Waals surface area contributed by atoms with Gasteiger partial charge in [-0.2, -0.15) is 5.10 Å². The summed E-state index contributed by atoms with van der Waals surface area (Å²) in [6.45, 7) is 0.445. The highest BCUT2D eigenvalue weighted by Gasteiger charge is 2.02. The number of benzene rings is 1. The average Bonchev–Trinajstić information content (AvgIpc) is 2.50. The zero-order valence-electron chi connectivity index (χ0n) is 8.22. The molecule has 0 saturated heterocycles. The molecule has 0 aliphatic carbocycles. The number of hydrogen-bond donors (Lipinski definition) is 0. The van der Waals surface area contributed by atoms with Crippen molar-refractivity contribution in [1.82, 2.24) is 14.3 Å². The van der Waals surface area contributed by atoms with Crippen LogP contribution in [0.5, 0.6) is 0 Å². The third-order valence-corrected chi connectivity index (χ3v) is 2.34. The summed E-state index contributed by atoms with van der Waals surface area (Å²) < 4.78 is 2.83. The predicted octanol–water partition coefficient (Wildman–Crippen LogP) is 1.28. The molecule has 0 unspecified atom stereocenters. The molecule has 0 amide bonds. The van der Waals surface area contributed by atoms with Gasteiger partial charge in [-0.1, -0.05) is 23.7 Å². The summed E-state index contributed by atoms with van der Waals surface area (Å²) in [5.41, 5.74) is 0.832. The molecule has 0 spiro atoms. The van der Waals surface area contributed by atoms with Gasteiger partial charge in [0.1, 0.15) is 6.33 Å². The molecule has 78 valence electrons. The van der Waals surface area contributed by atoms with Gasteiger partial charge in [0.25, 0.3) is 0 Å². The van der Waals surface area contributed by atoms with Crippen LogP contribution in [-0.4, -0.2) is 14.3 Å². The van der Waals surface area contributed by atoms with Crippen LogP contribution in [0, 0.1) is 0 Å².